The van der Waals surface area contributed by atoms with Crippen LogP contribution >= 0.6 is 12.4 Å². The normalized spacial score (nSPS) is 12.6. The molecule has 2 aromatic heterocycles. The molecule has 2 aromatic carbocycles. The summed E-state index contributed by atoms with van der Waals surface area (Å²) in [6, 6.07) is 13.4. The number of rotatable bonds is 7. The number of halogens is 1. The third kappa shape index (κ3) is 5.94. The number of nitrogens with one attached hydrogen (secondary N) is 2. The number of sulfonamides is 1. The van der Waals surface area contributed by atoms with Crippen molar-refractivity contribution in [2.75, 3.05) is 19.8 Å². The average Bonchev–Trinajstić information content (AvgIpc) is 3.27. The van der Waals surface area contributed by atoms with Crippen LogP contribution in [0.1, 0.15) is 29.6 Å². The topological polar surface area (TPSA) is 124 Å². The maximum atomic E-state index is 12.6. The quantitative estimate of drug-likeness (QED) is 0.343. The van der Waals surface area contributed by atoms with E-state index in [1.807, 2.05) is 48.9 Å². The van der Waals surface area contributed by atoms with Gasteiger partial charge in [0.1, 0.15) is 24.6 Å². The zero-order valence-corrected chi connectivity index (χ0v) is 23.5. The number of nitrogens with zero attached hydrogens (tertiary/aromatic N) is 3. The van der Waals surface area contributed by atoms with E-state index >= 15 is 0 Å². The standard InChI is InChI=1S/C27H29N5O5S.ClH/c1-4-24-30-25-17(2)15-18(3)29-26(25)32(24)20-7-5-19(6-8-20)11-12-28-27(33)31-38(34,35)21-9-10-22-23(16-21)37-14-13-36-22;/h5-10,15-16H,4,11-14H2,1-3H3,(H2,28,31,33);1H. The Labute approximate surface area is 233 Å². The summed E-state index contributed by atoms with van der Waals surface area (Å²) in [4.78, 5) is 21.7. The fraction of sp³-hybridized carbons (Fsp3) is 0.296. The number of amides is 2. The monoisotopic (exact) mass is 571 g/mol. The third-order valence-corrected chi connectivity index (χ3v) is 7.59. The smallest absolute Gasteiger partial charge is 0.328 e. The molecule has 0 radical (unpaired) electrons. The molecule has 3 heterocycles. The predicted octanol–water partition coefficient (Wildman–Crippen LogP) is 4.02. The van der Waals surface area contributed by atoms with Gasteiger partial charge >= 0.3 is 6.03 Å². The number of ether oxygens (including phenoxy) is 2. The van der Waals surface area contributed by atoms with Gasteiger partial charge in [0.05, 0.1) is 4.90 Å². The Morgan fingerprint density at radius 3 is 2.44 bits per heavy atom. The van der Waals surface area contributed by atoms with Crippen molar-refractivity contribution in [2.45, 2.75) is 38.5 Å². The zero-order chi connectivity index (χ0) is 26.9. The molecule has 12 heteroatoms. The van der Waals surface area contributed by atoms with E-state index in [1.165, 1.54) is 18.2 Å². The molecule has 2 amide bonds. The van der Waals surface area contributed by atoms with Crippen molar-refractivity contribution >= 4 is 39.6 Å². The van der Waals surface area contributed by atoms with E-state index < -0.39 is 16.1 Å². The zero-order valence-electron chi connectivity index (χ0n) is 21.9. The Morgan fingerprint density at radius 1 is 1.00 bits per heavy atom. The highest BCUT2D eigenvalue weighted by atomic mass is 35.5. The fourth-order valence-corrected chi connectivity index (χ4v) is 5.40. The number of pyridine rings is 1. The maximum Gasteiger partial charge on any atom is 0.328 e. The molecule has 0 bridgehead atoms. The van der Waals surface area contributed by atoms with Crippen LogP contribution in [0, 0.1) is 13.8 Å². The molecule has 1 aliphatic rings. The van der Waals surface area contributed by atoms with Gasteiger partial charge in [-0.05, 0) is 61.7 Å². The molecular weight excluding hydrogens is 542 g/mol. The molecule has 4 aromatic rings. The van der Waals surface area contributed by atoms with Crippen LogP contribution in [0.4, 0.5) is 4.79 Å². The molecule has 39 heavy (non-hydrogen) atoms. The second-order valence-electron chi connectivity index (χ2n) is 9.05. The lowest BCUT2D eigenvalue weighted by Gasteiger charge is -2.18. The van der Waals surface area contributed by atoms with E-state index in [2.05, 4.69) is 16.8 Å². The Morgan fingerprint density at radius 2 is 1.72 bits per heavy atom. The molecule has 5 rings (SSSR count). The fourth-order valence-electron chi connectivity index (χ4n) is 4.45. The van der Waals surface area contributed by atoms with Crippen LogP contribution < -0.4 is 19.5 Å². The first-order valence-corrected chi connectivity index (χ1v) is 13.9. The van der Waals surface area contributed by atoms with Crippen molar-refractivity contribution < 1.29 is 22.7 Å². The number of aryl methyl sites for hydroxylation is 3. The maximum absolute atomic E-state index is 12.6. The van der Waals surface area contributed by atoms with Crippen molar-refractivity contribution in [3.63, 3.8) is 0 Å². The second-order valence-corrected chi connectivity index (χ2v) is 10.7. The van der Waals surface area contributed by atoms with Crippen molar-refractivity contribution in [3.05, 3.63) is 71.2 Å². The first-order chi connectivity index (χ1) is 18.2. The number of benzene rings is 2. The molecule has 0 atom stereocenters. The van der Waals surface area contributed by atoms with E-state index in [0.29, 0.717) is 31.1 Å². The number of carbonyl (C=O) groups excluding carboxylic acids is 1. The molecule has 0 aliphatic carbocycles. The number of urea groups is 1. The van der Waals surface area contributed by atoms with Crippen molar-refractivity contribution in [1.29, 1.82) is 0 Å². The van der Waals surface area contributed by atoms with Crippen LogP contribution in [0.2, 0.25) is 0 Å². The van der Waals surface area contributed by atoms with Crippen LogP contribution in [0.15, 0.2) is 53.4 Å². The highest BCUT2D eigenvalue weighted by Crippen LogP contribution is 2.32. The largest absolute Gasteiger partial charge is 0.486 e. The molecule has 0 fully saturated rings. The molecule has 0 spiro atoms. The summed E-state index contributed by atoms with van der Waals surface area (Å²) in [7, 11) is -4.06. The number of fused-ring (bicyclic) bond motifs is 2. The van der Waals surface area contributed by atoms with Crippen molar-refractivity contribution in [1.82, 2.24) is 24.6 Å². The van der Waals surface area contributed by atoms with Crippen LogP contribution in [-0.2, 0) is 22.9 Å². The predicted molar refractivity (Wildman–Crippen MR) is 150 cm³/mol. The average molecular weight is 572 g/mol. The highest BCUT2D eigenvalue weighted by molar-refractivity contribution is 7.90. The van der Waals surface area contributed by atoms with Crippen LogP contribution in [0.3, 0.4) is 0 Å². The number of hydrogen-bond donors (Lipinski definition) is 2. The lowest BCUT2D eigenvalue weighted by atomic mass is 10.1. The molecule has 0 saturated heterocycles. The van der Waals surface area contributed by atoms with Crippen molar-refractivity contribution in [3.8, 4) is 17.2 Å². The highest BCUT2D eigenvalue weighted by Gasteiger charge is 2.21. The lowest BCUT2D eigenvalue weighted by molar-refractivity contribution is 0.171. The van der Waals surface area contributed by atoms with Gasteiger partial charge < -0.3 is 14.8 Å². The molecule has 10 nitrogen and oxygen atoms in total. The van der Waals surface area contributed by atoms with Gasteiger partial charge in [-0.25, -0.2) is 27.9 Å². The van der Waals surface area contributed by atoms with Gasteiger partial charge in [0.25, 0.3) is 10.0 Å². The van der Waals surface area contributed by atoms with Gasteiger partial charge in [-0.2, -0.15) is 0 Å². The molecule has 1 aliphatic heterocycles. The van der Waals surface area contributed by atoms with Gasteiger partial charge in [0.15, 0.2) is 17.1 Å². The van der Waals surface area contributed by atoms with Gasteiger partial charge in [0.2, 0.25) is 0 Å². The van der Waals surface area contributed by atoms with Gasteiger partial charge in [-0.15, -0.1) is 12.4 Å². The summed E-state index contributed by atoms with van der Waals surface area (Å²) in [5, 5.41) is 2.61. The van der Waals surface area contributed by atoms with E-state index in [0.717, 1.165) is 45.9 Å². The Bertz CT molecular complexity index is 1620. The van der Waals surface area contributed by atoms with Crippen LogP contribution in [-0.4, -0.2) is 48.7 Å². The Kier molecular flexibility index (Phi) is 8.31. The molecule has 0 unspecified atom stereocenters. The van der Waals surface area contributed by atoms with E-state index in [9.17, 15) is 13.2 Å². The van der Waals surface area contributed by atoms with Gasteiger partial charge in [-0.3, -0.25) is 4.57 Å². The van der Waals surface area contributed by atoms with E-state index in [4.69, 9.17) is 19.4 Å². The minimum atomic E-state index is -4.06. The minimum absolute atomic E-state index is 0. The van der Waals surface area contributed by atoms with Crippen LogP contribution in [0.25, 0.3) is 16.9 Å². The summed E-state index contributed by atoms with van der Waals surface area (Å²) >= 11 is 0. The van der Waals surface area contributed by atoms with E-state index in [1.54, 1.807) is 0 Å². The van der Waals surface area contributed by atoms with E-state index in [-0.39, 0.29) is 23.8 Å². The number of imidazole rings is 1. The molecular formula is C27H30ClN5O5S. The lowest BCUT2D eigenvalue weighted by Crippen LogP contribution is -2.40. The third-order valence-electron chi connectivity index (χ3n) is 6.26. The summed E-state index contributed by atoms with van der Waals surface area (Å²) < 4.78 is 40.2. The second kappa shape index (κ2) is 11.5. The number of carbonyl (C=O) groups is 1. The van der Waals surface area contributed by atoms with Gasteiger partial charge in [-0.1, -0.05) is 19.1 Å². The molecule has 0 saturated carbocycles. The minimum Gasteiger partial charge on any atom is -0.486 e. The van der Waals surface area contributed by atoms with Crippen LogP contribution in [0.5, 0.6) is 11.5 Å². The summed E-state index contributed by atoms with van der Waals surface area (Å²) in [5.41, 5.74) is 5.73. The first kappa shape index (κ1) is 28.2. The Hall–Kier alpha value is -3.83. The summed E-state index contributed by atoms with van der Waals surface area (Å²) in [6.07, 6.45) is 1.30. The molecule has 206 valence electrons. The molecule has 2 N–H and O–H groups in total. The van der Waals surface area contributed by atoms with Crippen molar-refractivity contribution in [2.24, 2.45) is 0 Å². The summed E-state index contributed by atoms with van der Waals surface area (Å²) in [5.74, 6) is 1.74. The first-order valence-electron chi connectivity index (χ1n) is 12.4. The number of aromatic nitrogens is 3. The van der Waals surface area contributed by atoms with Gasteiger partial charge in [0, 0.05) is 30.4 Å². The number of hydrogen-bond acceptors (Lipinski definition) is 7. The summed E-state index contributed by atoms with van der Waals surface area (Å²) in [6.45, 7) is 7.08. The SMILES string of the molecule is CCc1nc2c(C)cc(C)nc2n1-c1ccc(CCNC(=O)NS(=O)(=O)c2ccc3c(c2)OCCO3)cc1.Cl. The Balaban J connectivity index is 0.00000353.